The summed E-state index contributed by atoms with van der Waals surface area (Å²) in [5, 5.41) is 6.64. The molecule has 2 aromatic rings. The fourth-order valence-corrected chi connectivity index (χ4v) is 3.94. The molecule has 0 N–H and O–H groups in total. The maximum Gasteiger partial charge on any atom is 0.435 e. The Morgan fingerprint density at radius 2 is 2.00 bits per heavy atom. The van der Waals surface area contributed by atoms with E-state index in [4.69, 9.17) is 0 Å². The van der Waals surface area contributed by atoms with Crippen molar-refractivity contribution in [1.82, 2.24) is 19.7 Å². The summed E-state index contributed by atoms with van der Waals surface area (Å²) >= 11 is 1.64. The van der Waals surface area contributed by atoms with E-state index >= 15 is 0 Å². The van der Waals surface area contributed by atoms with E-state index in [-0.39, 0.29) is 12.5 Å². The van der Waals surface area contributed by atoms with Crippen LogP contribution < -0.4 is 0 Å². The monoisotopic (exact) mass is 372 g/mol. The molecule has 2 aromatic heterocycles. The Morgan fingerprint density at radius 1 is 1.32 bits per heavy atom. The summed E-state index contributed by atoms with van der Waals surface area (Å²) in [6, 6.07) is 0.963. The van der Waals surface area contributed by atoms with Crippen LogP contribution in [-0.4, -0.2) is 38.7 Å². The lowest BCUT2D eigenvalue weighted by molar-refractivity contribution is -0.142. The summed E-state index contributed by atoms with van der Waals surface area (Å²) in [7, 11) is 0. The molecule has 1 amide bonds. The average molecular weight is 372 g/mol. The zero-order valence-electron chi connectivity index (χ0n) is 14.0. The Labute approximate surface area is 147 Å². The molecule has 1 fully saturated rings. The number of hydrogen-bond acceptors (Lipinski definition) is 4. The van der Waals surface area contributed by atoms with Crippen molar-refractivity contribution in [2.75, 3.05) is 13.1 Å². The first kappa shape index (κ1) is 17.9. The van der Waals surface area contributed by atoms with Crippen molar-refractivity contribution < 1.29 is 18.0 Å². The fourth-order valence-electron chi connectivity index (χ4n) is 2.97. The second-order valence-corrected chi connectivity index (χ2v) is 7.20. The van der Waals surface area contributed by atoms with Crippen LogP contribution in [0.25, 0.3) is 0 Å². The molecule has 0 unspecified atom stereocenters. The lowest BCUT2D eigenvalue weighted by atomic mass is 9.97. The first-order chi connectivity index (χ1) is 11.7. The van der Waals surface area contributed by atoms with Gasteiger partial charge < -0.3 is 4.90 Å². The molecule has 0 aliphatic carbocycles. The highest BCUT2D eigenvalue weighted by Crippen LogP contribution is 2.31. The van der Waals surface area contributed by atoms with Gasteiger partial charge in [-0.15, -0.1) is 11.3 Å². The zero-order chi connectivity index (χ0) is 18.2. The number of hydrogen-bond donors (Lipinski definition) is 0. The molecule has 0 radical (unpaired) electrons. The third kappa shape index (κ3) is 4.02. The van der Waals surface area contributed by atoms with Crippen molar-refractivity contribution in [3.05, 3.63) is 33.5 Å². The van der Waals surface area contributed by atoms with Gasteiger partial charge in [-0.05, 0) is 32.8 Å². The van der Waals surface area contributed by atoms with Gasteiger partial charge in [-0.25, -0.2) is 4.98 Å². The highest BCUT2D eigenvalue weighted by atomic mass is 32.1. The number of nitrogens with zero attached hydrogens (tertiary/aromatic N) is 4. The maximum absolute atomic E-state index is 12.7. The molecule has 1 saturated heterocycles. The maximum atomic E-state index is 12.7. The molecule has 0 spiro atoms. The van der Waals surface area contributed by atoms with Gasteiger partial charge >= 0.3 is 6.18 Å². The van der Waals surface area contributed by atoms with Gasteiger partial charge in [-0.1, -0.05) is 0 Å². The number of carbonyl (C=O) groups is 1. The van der Waals surface area contributed by atoms with Crippen molar-refractivity contribution >= 4 is 17.2 Å². The van der Waals surface area contributed by atoms with Crippen LogP contribution in [0.3, 0.4) is 0 Å². The van der Waals surface area contributed by atoms with Crippen LogP contribution in [0.4, 0.5) is 13.2 Å². The quantitative estimate of drug-likeness (QED) is 0.830. The third-order valence-electron chi connectivity index (χ3n) is 4.39. The smallest absolute Gasteiger partial charge is 0.341 e. The Bertz CT molecular complexity index is 760. The van der Waals surface area contributed by atoms with Crippen LogP contribution in [-0.2, 0) is 17.5 Å². The molecule has 0 bridgehead atoms. The molecule has 1 aliphatic heterocycles. The molecular formula is C16H19F3N4OS. The summed E-state index contributed by atoms with van der Waals surface area (Å²) < 4.78 is 39.2. The zero-order valence-corrected chi connectivity index (χ0v) is 14.8. The van der Waals surface area contributed by atoms with E-state index in [1.807, 2.05) is 12.3 Å². The van der Waals surface area contributed by atoms with Crippen LogP contribution in [0.15, 0.2) is 11.4 Å². The van der Waals surface area contributed by atoms with Crippen molar-refractivity contribution in [3.63, 3.8) is 0 Å². The van der Waals surface area contributed by atoms with Gasteiger partial charge in [0.2, 0.25) is 5.91 Å². The van der Waals surface area contributed by atoms with Crippen LogP contribution in [0.1, 0.15) is 40.8 Å². The lowest BCUT2D eigenvalue weighted by Crippen LogP contribution is -2.40. The Morgan fingerprint density at radius 3 is 2.52 bits per heavy atom. The highest BCUT2D eigenvalue weighted by molar-refractivity contribution is 7.09. The molecular weight excluding hydrogens is 353 g/mol. The van der Waals surface area contributed by atoms with Gasteiger partial charge in [-0.3, -0.25) is 9.48 Å². The molecule has 25 heavy (non-hydrogen) atoms. The van der Waals surface area contributed by atoms with Crippen molar-refractivity contribution in [3.8, 4) is 0 Å². The number of aryl methyl sites for hydroxylation is 2. The predicted molar refractivity (Wildman–Crippen MR) is 87.4 cm³/mol. The number of aromatic nitrogens is 3. The van der Waals surface area contributed by atoms with Gasteiger partial charge in [0, 0.05) is 35.8 Å². The third-order valence-corrected chi connectivity index (χ3v) is 5.52. The van der Waals surface area contributed by atoms with Crippen LogP contribution in [0, 0.1) is 13.8 Å². The minimum atomic E-state index is -4.50. The average Bonchev–Trinajstić information content (AvgIpc) is 3.14. The highest BCUT2D eigenvalue weighted by Gasteiger charge is 2.35. The number of piperidine rings is 1. The van der Waals surface area contributed by atoms with Gasteiger partial charge in [0.1, 0.15) is 6.54 Å². The second kappa shape index (κ2) is 6.78. The molecule has 0 saturated carbocycles. The first-order valence-electron chi connectivity index (χ1n) is 8.05. The van der Waals surface area contributed by atoms with E-state index in [2.05, 4.69) is 10.1 Å². The molecule has 1 aliphatic rings. The fraction of sp³-hybridized carbons (Fsp3) is 0.562. The van der Waals surface area contributed by atoms with Crippen LogP contribution >= 0.6 is 11.3 Å². The summed E-state index contributed by atoms with van der Waals surface area (Å²) in [5.74, 6) is 0.153. The summed E-state index contributed by atoms with van der Waals surface area (Å²) in [5.41, 5.74) is 0.373. The normalized spacial score (nSPS) is 16.4. The topological polar surface area (TPSA) is 51.0 Å². The molecule has 0 aromatic carbocycles. The minimum Gasteiger partial charge on any atom is -0.341 e. The first-order valence-corrected chi connectivity index (χ1v) is 8.93. The van der Waals surface area contributed by atoms with E-state index < -0.39 is 11.9 Å². The van der Waals surface area contributed by atoms with Gasteiger partial charge in [0.15, 0.2) is 5.69 Å². The summed E-state index contributed by atoms with van der Waals surface area (Å²) in [6.07, 6.45) is -2.85. The molecule has 5 nitrogen and oxygen atoms in total. The molecule has 9 heteroatoms. The molecule has 3 heterocycles. The van der Waals surface area contributed by atoms with E-state index in [0.29, 0.717) is 24.7 Å². The standard InChI is InChI=1S/C16H19F3N4OS/c1-10-9-25-15(20-10)12-3-5-22(6-4-12)14(24)8-23-11(2)7-13(21-23)16(17,18)19/h7,9,12H,3-6,8H2,1-2H3. The van der Waals surface area contributed by atoms with Crippen LogP contribution in [0.5, 0.6) is 0 Å². The number of carbonyl (C=O) groups excluding carboxylic acids is 1. The SMILES string of the molecule is Cc1csc(C2CCN(C(=O)Cn3nc(C(F)(F)F)cc3C)CC2)n1. The summed E-state index contributed by atoms with van der Waals surface area (Å²) in [6.45, 7) is 4.50. The lowest BCUT2D eigenvalue weighted by Gasteiger charge is -2.31. The van der Waals surface area contributed by atoms with Crippen molar-refractivity contribution in [1.29, 1.82) is 0 Å². The largest absolute Gasteiger partial charge is 0.435 e. The van der Waals surface area contributed by atoms with E-state index in [9.17, 15) is 18.0 Å². The molecule has 0 atom stereocenters. The van der Waals surface area contributed by atoms with Gasteiger partial charge in [0.05, 0.1) is 5.01 Å². The minimum absolute atomic E-state index is 0.164. The Kier molecular flexibility index (Phi) is 4.86. The van der Waals surface area contributed by atoms with E-state index in [1.54, 1.807) is 16.2 Å². The number of alkyl halides is 3. The number of amides is 1. The predicted octanol–water partition coefficient (Wildman–Crippen LogP) is 3.38. The number of likely N-dealkylation sites (tertiary alicyclic amines) is 1. The number of halogens is 3. The van der Waals surface area contributed by atoms with Crippen molar-refractivity contribution in [2.45, 2.75) is 45.3 Å². The van der Waals surface area contributed by atoms with Gasteiger partial charge in [-0.2, -0.15) is 18.3 Å². The van der Waals surface area contributed by atoms with Crippen molar-refractivity contribution in [2.24, 2.45) is 0 Å². The number of thiazole rings is 1. The second-order valence-electron chi connectivity index (χ2n) is 6.31. The molecule has 3 rings (SSSR count). The van der Waals surface area contributed by atoms with Gasteiger partial charge in [0.25, 0.3) is 0 Å². The van der Waals surface area contributed by atoms with E-state index in [1.165, 1.54) is 6.92 Å². The Hall–Kier alpha value is -1.90. The van der Waals surface area contributed by atoms with E-state index in [0.717, 1.165) is 34.3 Å². The Balaban J connectivity index is 1.59. The van der Waals surface area contributed by atoms with Crippen LogP contribution in [0.2, 0.25) is 0 Å². The summed E-state index contributed by atoms with van der Waals surface area (Å²) in [4.78, 5) is 18.6. The number of rotatable bonds is 3. The molecule has 136 valence electrons.